The number of morpholine rings is 1. The Morgan fingerprint density at radius 3 is 2.75 bits per heavy atom. The van der Waals surface area contributed by atoms with Crippen molar-refractivity contribution in [1.82, 2.24) is 0 Å². The Morgan fingerprint density at radius 2 is 2.10 bits per heavy atom. The van der Waals surface area contributed by atoms with Gasteiger partial charge >= 0.3 is 0 Å². The molecule has 1 N–H and O–H groups in total. The van der Waals surface area contributed by atoms with Crippen LogP contribution in [0.25, 0.3) is 0 Å². The zero-order valence-corrected chi connectivity index (χ0v) is 12.3. The van der Waals surface area contributed by atoms with E-state index in [2.05, 4.69) is 17.1 Å². The number of ether oxygens (including phenoxy) is 1. The van der Waals surface area contributed by atoms with Crippen molar-refractivity contribution in [3.8, 4) is 0 Å². The fourth-order valence-corrected chi connectivity index (χ4v) is 2.77. The smallest absolute Gasteiger partial charge is 0.227 e. The number of hydrogen-bond donors (Lipinski definition) is 1. The van der Waals surface area contributed by atoms with Crippen molar-refractivity contribution in [2.45, 2.75) is 13.3 Å². The van der Waals surface area contributed by atoms with E-state index in [1.165, 1.54) is 0 Å². The molecule has 0 spiro atoms. The highest BCUT2D eigenvalue weighted by Gasteiger charge is 2.39. The molecule has 20 heavy (non-hydrogen) atoms. The first kappa shape index (κ1) is 13.7. The van der Waals surface area contributed by atoms with Crippen molar-refractivity contribution in [3.05, 3.63) is 23.2 Å². The van der Waals surface area contributed by atoms with Crippen molar-refractivity contribution in [2.24, 2.45) is 11.8 Å². The van der Waals surface area contributed by atoms with E-state index in [0.717, 1.165) is 44.1 Å². The second kappa shape index (κ2) is 5.62. The Bertz CT molecular complexity index is 515. The third kappa shape index (κ3) is 2.91. The second-order valence-electron chi connectivity index (χ2n) is 5.57. The fourth-order valence-electron chi connectivity index (χ4n) is 2.60. The van der Waals surface area contributed by atoms with Crippen molar-refractivity contribution in [2.75, 3.05) is 36.5 Å². The van der Waals surface area contributed by atoms with Crippen LogP contribution in [-0.4, -0.2) is 32.2 Å². The number of carbonyl (C=O) groups excluding carboxylic acids is 1. The number of carbonyl (C=O) groups is 1. The van der Waals surface area contributed by atoms with Crippen LogP contribution in [-0.2, 0) is 9.53 Å². The van der Waals surface area contributed by atoms with Crippen molar-refractivity contribution in [3.63, 3.8) is 0 Å². The maximum atomic E-state index is 12.1. The lowest BCUT2D eigenvalue weighted by Crippen LogP contribution is -2.36. The van der Waals surface area contributed by atoms with Crippen molar-refractivity contribution >= 4 is 28.9 Å². The van der Waals surface area contributed by atoms with Crippen LogP contribution in [0.2, 0.25) is 5.02 Å². The second-order valence-corrected chi connectivity index (χ2v) is 6.01. The van der Waals surface area contributed by atoms with E-state index in [-0.39, 0.29) is 11.8 Å². The first-order chi connectivity index (χ1) is 9.65. The van der Waals surface area contributed by atoms with Crippen molar-refractivity contribution < 1.29 is 9.53 Å². The molecular weight excluding hydrogens is 276 g/mol. The molecule has 1 aliphatic heterocycles. The number of anilines is 2. The van der Waals surface area contributed by atoms with Crippen LogP contribution in [0.1, 0.15) is 13.3 Å². The highest BCUT2D eigenvalue weighted by Crippen LogP contribution is 2.39. The molecule has 3 rings (SSSR count). The van der Waals surface area contributed by atoms with Gasteiger partial charge in [0.15, 0.2) is 0 Å². The normalized spacial score (nSPS) is 25.4. The van der Waals surface area contributed by atoms with Crippen LogP contribution in [0.3, 0.4) is 0 Å². The third-order valence-corrected chi connectivity index (χ3v) is 4.25. The molecule has 1 aliphatic carbocycles. The average Bonchev–Trinajstić information content (AvgIpc) is 3.17. The Hall–Kier alpha value is -1.26. The van der Waals surface area contributed by atoms with Crippen LogP contribution in [0.4, 0.5) is 11.4 Å². The number of rotatable bonds is 3. The lowest BCUT2D eigenvalue weighted by molar-refractivity contribution is -0.117. The van der Waals surface area contributed by atoms with Gasteiger partial charge in [-0.3, -0.25) is 4.79 Å². The zero-order chi connectivity index (χ0) is 14.1. The number of amides is 1. The minimum Gasteiger partial charge on any atom is -0.378 e. The Balaban J connectivity index is 1.80. The number of nitrogens with one attached hydrogen (secondary N) is 1. The molecule has 5 heteroatoms. The van der Waals surface area contributed by atoms with E-state index in [4.69, 9.17) is 16.3 Å². The van der Waals surface area contributed by atoms with Crippen LogP contribution in [0.15, 0.2) is 18.2 Å². The summed E-state index contributed by atoms with van der Waals surface area (Å²) < 4.78 is 5.37. The number of hydrogen-bond acceptors (Lipinski definition) is 3. The van der Waals surface area contributed by atoms with Gasteiger partial charge < -0.3 is 15.0 Å². The average molecular weight is 295 g/mol. The topological polar surface area (TPSA) is 41.6 Å². The van der Waals surface area contributed by atoms with Gasteiger partial charge in [-0.1, -0.05) is 18.5 Å². The quantitative estimate of drug-likeness (QED) is 0.932. The Morgan fingerprint density at radius 1 is 1.40 bits per heavy atom. The lowest BCUT2D eigenvalue weighted by Gasteiger charge is -2.30. The molecule has 0 aromatic heterocycles. The fraction of sp³-hybridized carbons (Fsp3) is 0.533. The van der Waals surface area contributed by atoms with E-state index in [1.807, 2.05) is 18.2 Å². The van der Waals surface area contributed by atoms with Crippen molar-refractivity contribution in [1.29, 1.82) is 0 Å². The summed E-state index contributed by atoms with van der Waals surface area (Å²) >= 11 is 6.07. The van der Waals surface area contributed by atoms with Gasteiger partial charge in [0.05, 0.1) is 24.6 Å². The molecule has 0 radical (unpaired) electrons. The number of halogens is 1. The van der Waals surface area contributed by atoms with Gasteiger partial charge in [0.1, 0.15) is 0 Å². The zero-order valence-electron chi connectivity index (χ0n) is 11.6. The molecule has 1 aromatic carbocycles. The third-order valence-electron chi connectivity index (χ3n) is 4.01. The summed E-state index contributed by atoms with van der Waals surface area (Å²) in [6, 6.07) is 5.67. The van der Waals surface area contributed by atoms with Gasteiger partial charge in [0, 0.05) is 24.0 Å². The standard InChI is InChI=1S/C15H19ClN2O2/c1-10-8-12(10)15(19)17-13-9-11(16)2-3-14(13)18-4-6-20-7-5-18/h2-3,9-10,12H,4-8H2,1H3,(H,17,19). The van der Waals surface area contributed by atoms with E-state index in [1.54, 1.807) is 0 Å². The first-order valence-electron chi connectivity index (χ1n) is 7.08. The molecule has 2 aliphatic rings. The van der Waals surface area contributed by atoms with Gasteiger partial charge in [0.25, 0.3) is 0 Å². The molecule has 108 valence electrons. The summed E-state index contributed by atoms with van der Waals surface area (Å²) in [4.78, 5) is 14.4. The van der Waals surface area contributed by atoms with E-state index < -0.39 is 0 Å². The molecule has 1 saturated heterocycles. The van der Waals surface area contributed by atoms with E-state index in [9.17, 15) is 4.79 Å². The molecule has 1 aromatic rings. The van der Waals surface area contributed by atoms with Crippen LogP contribution < -0.4 is 10.2 Å². The molecule has 2 fully saturated rings. The van der Waals surface area contributed by atoms with Gasteiger partial charge in [-0.15, -0.1) is 0 Å². The molecule has 4 nitrogen and oxygen atoms in total. The number of nitrogens with zero attached hydrogens (tertiary/aromatic N) is 1. The summed E-state index contributed by atoms with van der Waals surface area (Å²) in [5, 5.41) is 3.68. The van der Waals surface area contributed by atoms with E-state index in [0.29, 0.717) is 10.9 Å². The SMILES string of the molecule is CC1CC1C(=O)Nc1cc(Cl)ccc1N1CCOCC1. The maximum Gasteiger partial charge on any atom is 0.227 e. The molecule has 0 bridgehead atoms. The van der Waals surface area contributed by atoms with Gasteiger partial charge in [-0.25, -0.2) is 0 Å². The van der Waals surface area contributed by atoms with Gasteiger partial charge in [-0.05, 0) is 30.5 Å². The molecule has 1 saturated carbocycles. The van der Waals surface area contributed by atoms with E-state index >= 15 is 0 Å². The highest BCUT2D eigenvalue weighted by molar-refractivity contribution is 6.31. The monoisotopic (exact) mass is 294 g/mol. The summed E-state index contributed by atoms with van der Waals surface area (Å²) in [5.74, 6) is 0.766. The van der Waals surface area contributed by atoms with Crippen LogP contribution in [0.5, 0.6) is 0 Å². The van der Waals surface area contributed by atoms with Crippen LogP contribution in [0, 0.1) is 11.8 Å². The largest absolute Gasteiger partial charge is 0.378 e. The summed E-state index contributed by atoms with van der Waals surface area (Å²) in [6.45, 7) is 5.21. The van der Waals surface area contributed by atoms with Crippen LogP contribution >= 0.6 is 11.6 Å². The maximum absolute atomic E-state index is 12.1. The minimum absolute atomic E-state index is 0.106. The predicted molar refractivity (Wildman–Crippen MR) is 80.4 cm³/mol. The molecule has 2 atom stereocenters. The summed E-state index contributed by atoms with van der Waals surface area (Å²) in [5.41, 5.74) is 1.84. The first-order valence-corrected chi connectivity index (χ1v) is 7.46. The van der Waals surface area contributed by atoms with Gasteiger partial charge in [-0.2, -0.15) is 0 Å². The Labute approximate surface area is 124 Å². The Kier molecular flexibility index (Phi) is 3.85. The van der Waals surface area contributed by atoms with Gasteiger partial charge in [0.2, 0.25) is 5.91 Å². The summed E-state index contributed by atoms with van der Waals surface area (Å²) in [7, 11) is 0. The highest BCUT2D eigenvalue weighted by atomic mass is 35.5. The molecule has 1 heterocycles. The number of benzene rings is 1. The molecular formula is C15H19ClN2O2. The summed E-state index contributed by atoms with van der Waals surface area (Å²) in [6.07, 6.45) is 0.985. The predicted octanol–water partition coefficient (Wildman–Crippen LogP) is 2.77. The molecule has 1 amide bonds. The lowest BCUT2D eigenvalue weighted by atomic mass is 10.2. The minimum atomic E-state index is 0.106. The molecule has 2 unspecified atom stereocenters.